The molecule has 0 fully saturated rings. The van der Waals surface area contributed by atoms with E-state index in [2.05, 4.69) is 4.72 Å². The molecule has 0 aromatic rings. The Balaban J connectivity index is 3.53. The summed E-state index contributed by atoms with van der Waals surface area (Å²) in [4.78, 5) is 10.2. The van der Waals surface area contributed by atoms with Crippen LogP contribution in [0, 0.1) is 0 Å². The maximum atomic E-state index is 10.6. The first-order valence-corrected chi connectivity index (χ1v) is 5.65. The van der Waals surface area contributed by atoms with Gasteiger partial charge in [-0.3, -0.25) is 4.79 Å². The van der Waals surface area contributed by atoms with Gasteiger partial charge in [0.2, 0.25) is 10.0 Å². The highest BCUT2D eigenvalue weighted by Crippen LogP contribution is 1.93. The van der Waals surface area contributed by atoms with Crippen LogP contribution in [0.4, 0.5) is 0 Å². The van der Waals surface area contributed by atoms with Gasteiger partial charge in [0.1, 0.15) is 6.04 Å². The number of nitrogens with two attached hydrogens (primary N) is 1. The van der Waals surface area contributed by atoms with E-state index in [4.69, 9.17) is 10.8 Å². The van der Waals surface area contributed by atoms with E-state index < -0.39 is 22.0 Å². The molecule has 4 N–H and O–H groups in total. The average molecular weight is 210 g/mol. The lowest BCUT2D eigenvalue weighted by atomic mass is 10.2. The summed E-state index contributed by atoms with van der Waals surface area (Å²) in [7, 11) is -3.18. The van der Waals surface area contributed by atoms with E-state index in [-0.39, 0.29) is 13.0 Å². The van der Waals surface area contributed by atoms with E-state index in [1.54, 1.807) is 0 Å². The first-order chi connectivity index (χ1) is 5.83. The smallest absolute Gasteiger partial charge is 0.320 e. The van der Waals surface area contributed by atoms with Gasteiger partial charge in [-0.15, -0.1) is 0 Å². The fourth-order valence-electron chi connectivity index (χ4n) is 0.703. The Labute approximate surface area is 77.2 Å². The van der Waals surface area contributed by atoms with E-state index >= 15 is 0 Å². The van der Waals surface area contributed by atoms with Crippen LogP contribution in [0.15, 0.2) is 0 Å². The molecule has 0 rings (SSSR count). The highest BCUT2D eigenvalue weighted by atomic mass is 32.2. The van der Waals surface area contributed by atoms with E-state index in [0.717, 1.165) is 6.26 Å². The fraction of sp³-hybridized carbons (Fsp3) is 0.833. The molecule has 0 aliphatic carbocycles. The third kappa shape index (κ3) is 7.69. The zero-order valence-electron chi connectivity index (χ0n) is 7.36. The summed E-state index contributed by atoms with van der Waals surface area (Å²) in [6, 6.07) is -0.915. The zero-order chi connectivity index (χ0) is 10.5. The van der Waals surface area contributed by atoms with Crippen molar-refractivity contribution >= 4 is 16.0 Å². The Bertz CT molecular complexity index is 262. The standard InChI is InChI=1S/C6H14N2O4S/c1-13(11,12)8-4-2-3-5(7)6(9)10/h5,8H,2-4,7H2,1H3,(H,9,10). The lowest BCUT2D eigenvalue weighted by Gasteiger charge is -2.05. The summed E-state index contributed by atoms with van der Waals surface area (Å²) in [6.45, 7) is 0.222. The third-order valence-electron chi connectivity index (χ3n) is 1.37. The van der Waals surface area contributed by atoms with Gasteiger partial charge < -0.3 is 10.8 Å². The number of rotatable bonds is 6. The van der Waals surface area contributed by atoms with Gasteiger partial charge in [-0.25, -0.2) is 13.1 Å². The topological polar surface area (TPSA) is 109 Å². The predicted molar refractivity (Wildman–Crippen MR) is 47.7 cm³/mol. The molecule has 1 unspecified atom stereocenters. The Morgan fingerprint density at radius 1 is 1.62 bits per heavy atom. The van der Waals surface area contributed by atoms with Crippen LogP contribution in [-0.4, -0.2) is 38.3 Å². The van der Waals surface area contributed by atoms with Gasteiger partial charge >= 0.3 is 5.97 Å². The highest BCUT2D eigenvalue weighted by molar-refractivity contribution is 7.88. The molecule has 0 heterocycles. The van der Waals surface area contributed by atoms with Gasteiger partial charge in [0, 0.05) is 6.54 Å². The van der Waals surface area contributed by atoms with Gasteiger partial charge in [-0.05, 0) is 12.8 Å². The van der Waals surface area contributed by atoms with Crippen molar-refractivity contribution in [2.45, 2.75) is 18.9 Å². The van der Waals surface area contributed by atoms with Crippen LogP contribution in [-0.2, 0) is 14.8 Å². The lowest BCUT2D eigenvalue weighted by molar-refractivity contribution is -0.138. The van der Waals surface area contributed by atoms with Crippen LogP contribution in [0.25, 0.3) is 0 Å². The van der Waals surface area contributed by atoms with Crippen LogP contribution in [0.2, 0.25) is 0 Å². The zero-order valence-corrected chi connectivity index (χ0v) is 8.17. The minimum atomic E-state index is -3.18. The summed E-state index contributed by atoms with van der Waals surface area (Å²) in [5, 5.41) is 8.38. The quantitative estimate of drug-likeness (QED) is 0.473. The molecule has 78 valence electrons. The summed E-state index contributed by atoms with van der Waals surface area (Å²) in [6.07, 6.45) is 1.72. The molecule has 1 atom stereocenters. The molecule has 0 aromatic heterocycles. The van der Waals surface area contributed by atoms with Crippen LogP contribution < -0.4 is 10.5 Å². The summed E-state index contributed by atoms with van der Waals surface area (Å²) < 4.78 is 23.3. The Morgan fingerprint density at radius 2 is 2.15 bits per heavy atom. The normalized spacial score (nSPS) is 14.0. The largest absolute Gasteiger partial charge is 0.480 e. The second-order valence-electron chi connectivity index (χ2n) is 2.75. The monoisotopic (exact) mass is 210 g/mol. The van der Waals surface area contributed by atoms with Crippen molar-refractivity contribution in [1.29, 1.82) is 0 Å². The van der Waals surface area contributed by atoms with Crippen LogP contribution in [0.5, 0.6) is 0 Å². The van der Waals surface area contributed by atoms with Crippen molar-refractivity contribution in [2.24, 2.45) is 5.73 Å². The number of carbonyl (C=O) groups is 1. The molecule has 13 heavy (non-hydrogen) atoms. The SMILES string of the molecule is CS(=O)(=O)NCCCC(N)C(=O)O. The second-order valence-corrected chi connectivity index (χ2v) is 4.59. The molecule has 0 radical (unpaired) electrons. The Kier molecular flexibility index (Phi) is 4.89. The lowest BCUT2D eigenvalue weighted by Crippen LogP contribution is -2.31. The molecule has 0 amide bonds. The minimum Gasteiger partial charge on any atom is -0.480 e. The van der Waals surface area contributed by atoms with Crippen molar-refractivity contribution in [3.8, 4) is 0 Å². The minimum absolute atomic E-state index is 0.222. The van der Waals surface area contributed by atoms with Gasteiger partial charge in [0.15, 0.2) is 0 Å². The number of carboxylic acid groups (broad SMARTS) is 1. The van der Waals surface area contributed by atoms with Gasteiger partial charge in [0.05, 0.1) is 6.26 Å². The molecule has 0 saturated carbocycles. The molecule has 0 saturated heterocycles. The van der Waals surface area contributed by atoms with Crippen LogP contribution >= 0.6 is 0 Å². The number of sulfonamides is 1. The Morgan fingerprint density at radius 3 is 2.54 bits per heavy atom. The molecular formula is C6H14N2O4S. The molecule has 6 nitrogen and oxygen atoms in total. The molecule has 0 aliphatic heterocycles. The molecule has 0 aliphatic rings. The van der Waals surface area contributed by atoms with Gasteiger partial charge in [-0.1, -0.05) is 0 Å². The van der Waals surface area contributed by atoms with E-state index in [0.29, 0.717) is 6.42 Å². The van der Waals surface area contributed by atoms with Crippen molar-refractivity contribution < 1.29 is 18.3 Å². The fourth-order valence-corrected chi connectivity index (χ4v) is 1.22. The van der Waals surface area contributed by atoms with E-state index in [1.807, 2.05) is 0 Å². The summed E-state index contributed by atoms with van der Waals surface area (Å²) in [5.41, 5.74) is 5.19. The number of hydrogen-bond donors (Lipinski definition) is 3. The molecule has 0 bridgehead atoms. The van der Waals surface area contributed by atoms with E-state index in [1.165, 1.54) is 0 Å². The molecule has 7 heteroatoms. The van der Waals surface area contributed by atoms with Crippen molar-refractivity contribution in [3.63, 3.8) is 0 Å². The number of carboxylic acids is 1. The third-order valence-corrected chi connectivity index (χ3v) is 2.10. The van der Waals surface area contributed by atoms with Crippen LogP contribution in [0.3, 0.4) is 0 Å². The first kappa shape index (κ1) is 12.3. The summed E-state index contributed by atoms with van der Waals surface area (Å²) >= 11 is 0. The predicted octanol–water partition coefficient (Wildman–Crippen LogP) is -1.27. The second kappa shape index (κ2) is 5.15. The number of nitrogens with one attached hydrogen (secondary N) is 1. The molecular weight excluding hydrogens is 196 g/mol. The highest BCUT2D eigenvalue weighted by Gasteiger charge is 2.10. The number of aliphatic carboxylic acids is 1. The van der Waals surface area contributed by atoms with E-state index in [9.17, 15) is 13.2 Å². The maximum absolute atomic E-state index is 10.6. The average Bonchev–Trinajstić information content (AvgIpc) is 1.95. The van der Waals surface area contributed by atoms with Crippen LogP contribution in [0.1, 0.15) is 12.8 Å². The van der Waals surface area contributed by atoms with Crippen molar-refractivity contribution in [1.82, 2.24) is 4.72 Å². The molecule has 0 spiro atoms. The number of hydrogen-bond acceptors (Lipinski definition) is 4. The maximum Gasteiger partial charge on any atom is 0.320 e. The molecule has 0 aromatic carbocycles. The van der Waals surface area contributed by atoms with Crippen molar-refractivity contribution in [3.05, 3.63) is 0 Å². The van der Waals surface area contributed by atoms with Gasteiger partial charge in [-0.2, -0.15) is 0 Å². The van der Waals surface area contributed by atoms with Gasteiger partial charge in [0.25, 0.3) is 0 Å². The first-order valence-electron chi connectivity index (χ1n) is 3.76. The van der Waals surface area contributed by atoms with Crippen molar-refractivity contribution in [2.75, 3.05) is 12.8 Å². The summed E-state index contributed by atoms with van der Waals surface area (Å²) in [5.74, 6) is -1.07. The Hall–Kier alpha value is -0.660.